The number of anilines is 1. The van der Waals surface area contributed by atoms with Gasteiger partial charge in [0.05, 0.1) is 5.69 Å². The fourth-order valence-electron chi connectivity index (χ4n) is 4.14. The monoisotopic (exact) mass is 446 g/mol. The van der Waals surface area contributed by atoms with Crippen LogP contribution in [-0.4, -0.2) is 60.6 Å². The van der Waals surface area contributed by atoms with Crippen LogP contribution in [0, 0.1) is 13.8 Å². The molecule has 0 saturated carbocycles. The van der Waals surface area contributed by atoms with E-state index in [1.807, 2.05) is 61.2 Å². The van der Waals surface area contributed by atoms with E-state index in [4.69, 9.17) is 14.2 Å². The van der Waals surface area contributed by atoms with E-state index in [0.29, 0.717) is 26.2 Å². The van der Waals surface area contributed by atoms with Gasteiger partial charge in [-0.15, -0.1) is 10.2 Å². The first kappa shape index (κ1) is 21.1. The van der Waals surface area contributed by atoms with Crippen LogP contribution < -0.4 is 19.1 Å². The summed E-state index contributed by atoms with van der Waals surface area (Å²) in [6.07, 6.45) is 0. The van der Waals surface area contributed by atoms with Gasteiger partial charge in [0.2, 0.25) is 6.79 Å². The number of ether oxygens (including phenoxy) is 3. The number of hydrogen-bond donors (Lipinski definition) is 0. The van der Waals surface area contributed by atoms with Crippen LogP contribution in [0.25, 0.3) is 11.3 Å². The quantitative estimate of drug-likeness (QED) is 0.596. The number of carbonyl (C=O) groups is 1. The summed E-state index contributed by atoms with van der Waals surface area (Å²) in [6, 6.07) is 15.6. The lowest BCUT2D eigenvalue weighted by Crippen LogP contribution is -2.50. The van der Waals surface area contributed by atoms with Crippen LogP contribution in [0.3, 0.4) is 0 Å². The van der Waals surface area contributed by atoms with Gasteiger partial charge in [-0.05, 0) is 67.4 Å². The zero-order chi connectivity index (χ0) is 22.8. The second kappa shape index (κ2) is 8.97. The summed E-state index contributed by atoms with van der Waals surface area (Å²) in [7, 11) is 0. The van der Waals surface area contributed by atoms with Crippen molar-refractivity contribution in [2.45, 2.75) is 13.8 Å². The van der Waals surface area contributed by atoms with Gasteiger partial charge in [0.25, 0.3) is 5.91 Å². The number of fused-ring (bicyclic) bond motifs is 1. The first-order valence-electron chi connectivity index (χ1n) is 11.0. The number of carbonyl (C=O) groups excluding carboxylic acids is 1. The average Bonchev–Trinajstić information content (AvgIpc) is 3.30. The number of aromatic nitrogens is 2. The van der Waals surface area contributed by atoms with Crippen LogP contribution in [0.2, 0.25) is 0 Å². The molecule has 1 saturated heterocycles. The first-order chi connectivity index (χ1) is 16.0. The van der Waals surface area contributed by atoms with E-state index in [1.54, 1.807) is 0 Å². The molecule has 1 fully saturated rings. The Hall–Kier alpha value is -3.81. The normalized spacial score (nSPS) is 15.0. The summed E-state index contributed by atoms with van der Waals surface area (Å²) in [4.78, 5) is 16.6. The number of aryl methyl sites for hydroxylation is 2. The molecule has 0 aliphatic carbocycles. The van der Waals surface area contributed by atoms with Gasteiger partial charge in [-0.25, -0.2) is 0 Å². The Balaban J connectivity index is 1.15. The molecule has 3 aromatic rings. The van der Waals surface area contributed by atoms with Gasteiger partial charge in [0.1, 0.15) is 5.75 Å². The van der Waals surface area contributed by atoms with Gasteiger partial charge < -0.3 is 24.0 Å². The summed E-state index contributed by atoms with van der Waals surface area (Å²) in [6.45, 7) is 6.99. The molecule has 0 spiro atoms. The third-order valence-electron chi connectivity index (χ3n) is 5.83. The molecule has 5 rings (SSSR count). The third kappa shape index (κ3) is 4.69. The highest BCUT2D eigenvalue weighted by atomic mass is 16.7. The Bertz CT molecular complexity index is 1140. The highest BCUT2D eigenvalue weighted by molar-refractivity contribution is 5.78. The van der Waals surface area contributed by atoms with Crippen LogP contribution in [0.1, 0.15) is 11.1 Å². The zero-order valence-corrected chi connectivity index (χ0v) is 18.8. The molecule has 0 unspecified atom stereocenters. The molecular weight excluding hydrogens is 420 g/mol. The third-order valence-corrected chi connectivity index (χ3v) is 5.83. The smallest absolute Gasteiger partial charge is 0.260 e. The first-order valence-corrected chi connectivity index (χ1v) is 11.0. The second-order valence-electron chi connectivity index (χ2n) is 8.32. The van der Waals surface area contributed by atoms with Crippen molar-refractivity contribution < 1.29 is 19.0 Å². The zero-order valence-electron chi connectivity index (χ0n) is 18.8. The minimum Gasteiger partial charge on any atom is -0.484 e. The fourth-order valence-corrected chi connectivity index (χ4v) is 4.14. The average molecular weight is 447 g/mol. The van der Waals surface area contributed by atoms with Gasteiger partial charge in [-0.3, -0.25) is 4.79 Å². The Morgan fingerprint density at radius 1 is 0.909 bits per heavy atom. The fraction of sp³-hybridized carbons (Fsp3) is 0.320. The number of rotatable bonds is 5. The lowest BCUT2D eigenvalue weighted by molar-refractivity contribution is -0.133. The summed E-state index contributed by atoms with van der Waals surface area (Å²) in [5.41, 5.74) is 3.94. The molecule has 170 valence electrons. The second-order valence-corrected chi connectivity index (χ2v) is 8.32. The standard InChI is InChI=1S/C25H26N4O4/c1-17-11-18(2)13-20(12-17)31-15-25(30)29-9-7-28(8-10-29)24-6-4-21(26-27-24)19-3-5-22-23(14-19)33-16-32-22/h3-6,11-14H,7-10,15-16H2,1-2H3. The van der Waals surface area contributed by atoms with E-state index in [2.05, 4.69) is 21.2 Å². The molecule has 1 aromatic heterocycles. The molecule has 8 heteroatoms. The molecule has 2 aliphatic heterocycles. The van der Waals surface area contributed by atoms with Crippen LogP contribution in [0.15, 0.2) is 48.5 Å². The lowest BCUT2D eigenvalue weighted by atomic mass is 10.1. The molecule has 2 aliphatic rings. The summed E-state index contributed by atoms with van der Waals surface area (Å²) < 4.78 is 16.5. The van der Waals surface area contributed by atoms with Crippen molar-refractivity contribution in [3.8, 4) is 28.5 Å². The van der Waals surface area contributed by atoms with E-state index in [1.165, 1.54) is 0 Å². The van der Waals surface area contributed by atoms with Gasteiger partial charge in [-0.1, -0.05) is 6.07 Å². The van der Waals surface area contributed by atoms with Gasteiger partial charge in [0.15, 0.2) is 23.9 Å². The van der Waals surface area contributed by atoms with Crippen LogP contribution in [0.5, 0.6) is 17.2 Å². The van der Waals surface area contributed by atoms with E-state index in [9.17, 15) is 4.79 Å². The molecule has 0 N–H and O–H groups in total. The Kier molecular flexibility index (Phi) is 5.73. The summed E-state index contributed by atoms with van der Waals surface area (Å²) >= 11 is 0. The number of amides is 1. The lowest BCUT2D eigenvalue weighted by Gasteiger charge is -2.35. The molecule has 1 amide bonds. The van der Waals surface area contributed by atoms with Crippen LogP contribution in [-0.2, 0) is 4.79 Å². The van der Waals surface area contributed by atoms with Gasteiger partial charge in [-0.2, -0.15) is 0 Å². The van der Waals surface area contributed by atoms with Crippen molar-refractivity contribution in [3.63, 3.8) is 0 Å². The molecule has 0 radical (unpaired) electrons. The van der Waals surface area contributed by atoms with E-state index in [-0.39, 0.29) is 19.3 Å². The Morgan fingerprint density at radius 3 is 2.39 bits per heavy atom. The van der Waals surface area contributed by atoms with Crippen molar-refractivity contribution in [1.29, 1.82) is 0 Å². The SMILES string of the molecule is Cc1cc(C)cc(OCC(=O)N2CCN(c3ccc(-c4ccc5c(c4)OCO5)nn3)CC2)c1. The number of piperazine rings is 1. The molecule has 3 heterocycles. The largest absolute Gasteiger partial charge is 0.484 e. The maximum Gasteiger partial charge on any atom is 0.260 e. The molecule has 0 atom stereocenters. The predicted molar refractivity (Wildman–Crippen MR) is 124 cm³/mol. The molecule has 8 nitrogen and oxygen atoms in total. The van der Waals surface area contributed by atoms with Gasteiger partial charge in [0, 0.05) is 31.7 Å². The molecular formula is C25H26N4O4. The van der Waals surface area contributed by atoms with Crippen molar-refractivity contribution in [2.24, 2.45) is 0 Å². The number of hydrogen-bond acceptors (Lipinski definition) is 7. The van der Waals surface area contributed by atoms with Crippen molar-refractivity contribution in [2.75, 3.05) is 44.5 Å². The summed E-state index contributed by atoms with van der Waals surface area (Å²) in [5, 5.41) is 8.80. The molecule has 2 aromatic carbocycles. The van der Waals surface area contributed by atoms with E-state index >= 15 is 0 Å². The predicted octanol–water partition coefficient (Wildman–Crippen LogP) is 3.22. The maximum atomic E-state index is 12.6. The minimum absolute atomic E-state index is 0.00181. The van der Waals surface area contributed by atoms with E-state index < -0.39 is 0 Å². The number of nitrogens with zero attached hydrogens (tertiary/aromatic N) is 4. The maximum absolute atomic E-state index is 12.6. The van der Waals surface area contributed by atoms with E-state index in [0.717, 1.165) is 45.5 Å². The molecule has 0 bridgehead atoms. The highest BCUT2D eigenvalue weighted by Gasteiger charge is 2.23. The van der Waals surface area contributed by atoms with Crippen molar-refractivity contribution >= 4 is 11.7 Å². The topological polar surface area (TPSA) is 77.0 Å². The number of benzene rings is 2. The van der Waals surface area contributed by atoms with Gasteiger partial charge >= 0.3 is 0 Å². The Labute approximate surface area is 192 Å². The van der Waals surface area contributed by atoms with Crippen molar-refractivity contribution in [3.05, 3.63) is 59.7 Å². The molecule has 33 heavy (non-hydrogen) atoms. The van der Waals surface area contributed by atoms with Crippen LogP contribution in [0.4, 0.5) is 5.82 Å². The van der Waals surface area contributed by atoms with Crippen molar-refractivity contribution in [1.82, 2.24) is 15.1 Å². The summed E-state index contributed by atoms with van der Waals surface area (Å²) in [5.74, 6) is 3.00. The van der Waals surface area contributed by atoms with Crippen LogP contribution >= 0.6 is 0 Å². The minimum atomic E-state index is -0.00181. The Morgan fingerprint density at radius 2 is 1.67 bits per heavy atom. The highest BCUT2D eigenvalue weighted by Crippen LogP contribution is 2.35.